The summed E-state index contributed by atoms with van der Waals surface area (Å²) in [4.78, 5) is 20.4. The molecule has 2 aromatic carbocycles. The Kier molecular flexibility index (Phi) is 6.74. The Morgan fingerprint density at radius 2 is 1.76 bits per heavy atom. The van der Waals surface area contributed by atoms with Crippen LogP contribution in [0, 0.1) is 0 Å². The quantitative estimate of drug-likeness (QED) is 0.500. The number of hydrogen-bond acceptors (Lipinski definition) is 5. The standard InChI is InChI=1S/C30H32N4O3/c35-28(25-13-11-23(12-14-25)21-33-17-15-30(16-18-33)36-19-20-37-30)32-29-31-27(24-7-3-1-4-8-24)22-34(29)26-9-5-2-6-10-26/h1-5,7-9,11-14,22H,6,10,15-21H2,(H,31,32,35). The summed E-state index contributed by atoms with van der Waals surface area (Å²) in [6.45, 7) is 4.14. The Morgan fingerprint density at radius 1 is 1.00 bits per heavy atom. The summed E-state index contributed by atoms with van der Waals surface area (Å²) < 4.78 is 13.7. The summed E-state index contributed by atoms with van der Waals surface area (Å²) in [6.07, 6.45) is 12.0. The molecule has 3 aromatic rings. The molecule has 0 saturated carbocycles. The van der Waals surface area contributed by atoms with Crippen molar-refractivity contribution in [3.63, 3.8) is 0 Å². The highest BCUT2D eigenvalue weighted by Crippen LogP contribution is 2.32. The van der Waals surface area contributed by atoms with Crippen LogP contribution in [0.15, 0.2) is 79.0 Å². The van der Waals surface area contributed by atoms with Gasteiger partial charge in [0.05, 0.1) is 18.9 Å². The minimum Gasteiger partial charge on any atom is -0.347 e. The Labute approximate surface area is 217 Å². The number of aromatic nitrogens is 2. The number of likely N-dealkylation sites (tertiary alicyclic amines) is 1. The summed E-state index contributed by atoms with van der Waals surface area (Å²) >= 11 is 0. The van der Waals surface area contributed by atoms with Gasteiger partial charge in [-0.2, -0.15) is 0 Å². The highest BCUT2D eigenvalue weighted by atomic mass is 16.7. The molecule has 1 spiro atoms. The second-order valence-corrected chi connectivity index (χ2v) is 9.85. The van der Waals surface area contributed by atoms with Crippen LogP contribution in [0.1, 0.15) is 41.6 Å². The van der Waals surface area contributed by atoms with Crippen molar-refractivity contribution in [2.45, 2.75) is 38.0 Å². The van der Waals surface area contributed by atoms with Gasteiger partial charge in [0.25, 0.3) is 5.91 Å². The number of allylic oxidation sites excluding steroid dienone is 4. The van der Waals surface area contributed by atoms with Crippen molar-refractivity contribution in [2.24, 2.45) is 0 Å². The molecule has 1 aliphatic carbocycles. The number of anilines is 1. The normalized spacial score (nSPS) is 19.2. The van der Waals surface area contributed by atoms with Gasteiger partial charge in [-0.15, -0.1) is 0 Å². The average molecular weight is 497 g/mol. The van der Waals surface area contributed by atoms with Crippen molar-refractivity contribution in [3.8, 4) is 11.3 Å². The highest BCUT2D eigenvalue weighted by molar-refractivity contribution is 6.03. The molecule has 6 rings (SSSR count). The van der Waals surface area contributed by atoms with Crippen LogP contribution < -0.4 is 5.32 Å². The first-order chi connectivity index (χ1) is 18.2. The molecule has 0 unspecified atom stereocenters. The van der Waals surface area contributed by atoms with E-state index in [9.17, 15) is 4.79 Å². The fourth-order valence-electron chi connectivity index (χ4n) is 5.26. The van der Waals surface area contributed by atoms with E-state index in [2.05, 4.69) is 28.4 Å². The van der Waals surface area contributed by atoms with E-state index < -0.39 is 0 Å². The van der Waals surface area contributed by atoms with Gasteiger partial charge < -0.3 is 9.47 Å². The van der Waals surface area contributed by atoms with E-state index in [0.717, 1.165) is 62.3 Å². The highest BCUT2D eigenvalue weighted by Gasteiger charge is 2.39. The third kappa shape index (κ3) is 5.30. The molecular formula is C30H32N4O3. The number of hydrogen-bond donors (Lipinski definition) is 1. The molecule has 2 saturated heterocycles. The number of ether oxygens (including phenoxy) is 2. The van der Waals surface area contributed by atoms with Gasteiger partial charge in [0.2, 0.25) is 5.95 Å². The summed E-state index contributed by atoms with van der Waals surface area (Å²) in [5.74, 6) is 0.0163. The van der Waals surface area contributed by atoms with Crippen molar-refractivity contribution in [1.82, 2.24) is 14.5 Å². The fourth-order valence-corrected chi connectivity index (χ4v) is 5.26. The number of carbonyl (C=O) groups is 1. The monoisotopic (exact) mass is 496 g/mol. The molecule has 190 valence electrons. The van der Waals surface area contributed by atoms with Crippen LogP contribution in [0.5, 0.6) is 0 Å². The Morgan fingerprint density at radius 3 is 2.46 bits per heavy atom. The van der Waals surface area contributed by atoms with Crippen molar-refractivity contribution in [1.29, 1.82) is 0 Å². The van der Waals surface area contributed by atoms with Crippen LogP contribution in [0.4, 0.5) is 5.95 Å². The van der Waals surface area contributed by atoms with E-state index >= 15 is 0 Å². The van der Waals surface area contributed by atoms with Crippen molar-refractivity contribution < 1.29 is 14.3 Å². The number of nitrogens with one attached hydrogen (secondary N) is 1. The van der Waals surface area contributed by atoms with E-state index in [-0.39, 0.29) is 11.7 Å². The van der Waals surface area contributed by atoms with Gasteiger partial charge >= 0.3 is 0 Å². The lowest BCUT2D eigenvalue weighted by atomic mass is 10.0. The Hall–Kier alpha value is -3.52. The number of amides is 1. The first-order valence-corrected chi connectivity index (χ1v) is 13.1. The zero-order chi connectivity index (χ0) is 25.1. The molecule has 1 aromatic heterocycles. The van der Waals surface area contributed by atoms with E-state index in [1.54, 1.807) is 0 Å². The van der Waals surface area contributed by atoms with E-state index in [1.165, 1.54) is 5.56 Å². The molecule has 3 heterocycles. The van der Waals surface area contributed by atoms with Gasteiger partial charge in [0, 0.05) is 55.5 Å². The maximum atomic E-state index is 13.2. The first kappa shape index (κ1) is 23.9. The second-order valence-electron chi connectivity index (χ2n) is 9.85. The minimum absolute atomic E-state index is 0.166. The Bertz CT molecular complexity index is 1290. The lowest BCUT2D eigenvalue weighted by molar-refractivity contribution is -0.185. The van der Waals surface area contributed by atoms with Crippen LogP contribution in [0.2, 0.25) is 0 Å². The number of piperidine rings is 1. The first-order valence-electron chi connectivity index (χ1n) is 13.1. The lowest BCUT2D eigenvalue weighted by Gasteiger charge is -2.37. The van der Waals surface area contributed by atoms with Crippen molar-refractivity contribution >= 4 is 17.6 Å². The summed E-state index contributed by atoms with van der Waals surface area (Å²) in [5, 5.41) is 3.05. The van der Waals surface area contributed by atoms with Gasteiger partial charge in [-0.05, 0) is 36.6 Å². The van der Waals surface area contributed by atoms with Gasteiger partial charge in [-0.1, -0.05) is 54.6 Å². The third-order valence-electron chi connectivity index (χ3n) is 7.36. The van der Waals surface area contributed by atoms with Crippen LogP contribution in [-0.4, -0.2) is 52.4 Å². The topological polar surface area (TPSA) is 68.6 Å². The van der Waals surface area contributed by atoms with E-state index in [4.69, 9.17) is 14.5 Å². The maximum Gasteiger partial charge on any atom is 0.257 e. The van der Waals surface area contributed by atoms with Crippen LogP contribution in [0.3, 0.4) is 0 Å². The molecule has 1 amide bonds. The van der Waals surface area contributed by atoms with Crippen molar-refractivity contribution in [3.05, 3.63) is 90.1 Å². The van der Waals surface area contributed by atoms with Gasteiger partial charge in [0.15, 0.2) is 5.79 Å². The zero-order valence-electron chi connectivity index (χ0n) is 20.9. The van der Waals surface area contributed by atoms with Crippen LogP contribution in [0.25, 0.3) is 17.0 Å². The molecule has 2 fully saturated rings. The lowest BCUT2D eigenvalue weighted by Crippen LogP contribution is -2.44. The zero-order valence-corrected chi connectivity index (χ0v) is 20.9. The molecule has 7 nitrogen and oxygen atoms in total. The summed E-state index contributed by atoms with van der Waals surface area (Å²) in [7, 11) is 0. The molecular weight excluding hydrogens is 464 g/mol. The molecule has 0 radical (unpaired) electrons. The van der Waals surface area contributed by atoms with Gasteiger partial charge in [-0.25, -0.2) is 4.98 Å². The molecule has 1 N–H and O–H groups in total. The molecule has 3 aliphatic rings. The van der Waals surface area contributed by atoms with Crippen LogP contribution in [-0.2, 0) is 16.0 Å². The molecule has 0 bridgehead atoms. The maximum absolute atomic E-state index is 13.2. The smallest absolute Gasteiger partial charge is 0.257 e. The number of benzene rings is 2. The van der Waals surface area contributed by atoms with Crippen LogP contribution >= 0.6 is 0 Å². The number of rotatable bonds is 6. The molecule has 7 heteroatoms. The minimum atomic E-state index is -0.353. The van der Waals surface area contributed by atoms with E-state index in [1.807, 2.05) is 65.4 Å². The molecule has 2 aliphatic heterocycles. The number of imidazole rings is 1. The second kappa shape index (κ2) is 10.5. The predicted octanol–water partition coefficient (Wildman–Crippen LogP) is 5.33. The third-order valence-corrected chi connectivity index (χ3v) is 7.36. The largest absolute Gasteiger partial charge is 0.347 e. The van der Waals surface area contributed by atoms with Gasteiger partial charge in [0.1, 0.15) is 0 Å². The number of carbonyl (C=O) groups excluding carboxylic acids is 1. The molecule has 0 atom stereocenters. The van der Waals surface area contributed by atoms with E-state index in [0.29, 0.717) is 24.7 Å². The number of nitrogens with zero attached hydrogens (tertiary/aromatic N) is 3. The average Bonchev–Trinajstić information content (AvgIpc) is 3.59. The summed E-state index contributed by atoms with van der Waals surface area (Å²) in [6, 6.07) is 17.9. The fraction of sp³-hybridized carbons (Fsp3) is 0.333. The summed E-state index contributed by atoms with van der Waals surface area (Å²) in [5.41, 5.74) is 4.76. The van der Waals surface area contributed by atoms with Crippen molar-refractivity contribution in [2.75, 3.05) is 31.6 Å². The predicted molar refractivity (Wildman–Crippen MR) is 144 cm³/mol. The Balaban J connectivity index is 1.14. The SMILES string of the molecule is O=C(Nc1nc(-c2ccccc2)cn1C1=CC=CCC1)c1ccc(CN2CCC3(CC2)OCCO3)cc1. The van der Waals surface area contributed by atoms with Gasteiger partial charge in [-0.3, -0.25) is 19.6 Å². The molecule has 37 heavy (non-hydrogen) atoms.